The highest BCUT2D eigenvalue weighted by atomic mass is 32.1. The van der Waals surface area contributed by atoms with E-state index in [0.717, 1.165) is 28.9 Å². The van der Waals surface area contributed by atoms with Gasteiger partial charge in [0, 0.05) is 11.9 Å². The highest BCUT2D eigenvalue weighted by Crippen LogP contribution is 2.32. The number of amides is 1. The number of hydrogen-bond donors (Lipinski definition) is 0. The predicted molar refractivity (Wildman–Crippen MR) is 128 cm³/mol. The van der Waals surface area contributed by atoms with Gasteiger partial charge in [-0.2, -0.15) is 0 Å². The molecule has 0 radical (unpaired) electrons. The first kappa shape index (κ1) is 22.0. The maximum Gasteiger partial charge on any atom is 0.349 e. The Labute approximate surface area is 189 Å². The molecule has 8 heteroatoms. The summed E-state index contributed by atoms with van der Waals surface area (Å²) in [5.41, 5.74) is 0.593. The van der Waals surface area contributed by atoms with E-state index in [1.165, 1.54) is 11.3 Å². The van der Waals surface area contributed by atoms with Gasteiger partial charge in [-0.25, -0.2) is 9.78 Å². The zero-order valence-corrected chi connectivity index (χ0v) is 19.1. The van der Waals surface area contributed by atoms with Crippen LogP contribution in [0.5, 0.6) is 5.75 Å². The van der Waals surface area contributed by atoms with Gasteiger partial charge in [-0.15, -0.1) is 0 Å². The Kier molecular flexibility index (Phi) is 6.53. The van der Waals surface area contributed by atoms with E-state index in [1.807, 2.05) is 51.4 Å². The van der Waals surface area contributed by atoms with Crippen LogP contribution in [0.3, 0.4) is 0 Å². The summed E-state index contributed by atoms with van der Waals surface area (Å²) in [5.74, 6) is 0.350. The van der Waals surface area contributed by atoms with Gasteiger partial charge in [-0.05, 0) is 64.3 Å². The highest BCUT2D eigenvalue weighted by Gasteiger charge is 2.25. The Morgan fingerprint density at radius 1 is 1.12 bits per heavy atom. The SMILES string of the molecule is CCOc1ccc2nc(N(CCCN(C)C)C(=O)c3cc4ccccc4oc3=O)sc2c1. The van der Waals surface area contributed by atoms with Gasteiger partial charge in [0.25, 0.3) is 5.91 Å². The summed E-state index contributed by atoms with van der Waals surface area (Å²) >= 11 is 1.40. The molecular formula is C24H25N3O4S. The first-order valence-electron chi connectivity index (χ1n) is 10.5. The number of fused-ring (bicyclic) bond motifs is 2. The molecule has 0 saturated heterocycles. The standard InChI is InChI=1S/C24H25N3O4S/c1-4-30-17-10-11-19-21(15-17)32-24(25-19)27(13-7-12-26(2)3)22(28)18-14-16-8-5-6-9-20(16)31-23(18)29/h5-6,8-11,14-15H,4,7,12-13H2,1-3H3. The number of carbonyl (C=O) groups is 1. The minimum absolute atomic E-state index is 0.00261. The van der Waals surface area contributed by atoms with E-state index in [4.69, 9.17) is 9.15 Å². The molecule has 0 spiro atoms. The molecule has 1 amide bonds. The van der Waals surface area contributed by atoms with E-state index in [0.29, 0.717) is 29.3 Å². The van der Waals surface area contributed by atoms with E-state index < -0.39 is 11.5 Å². The van der Waals surface area contributed by atoms with Crippen LogP contribution in [-0.4, -0.2) is 49.6 Å². The van der Waals surface area contributed by atoms with Crippen molar-refractivity contribution in [2.24, 2.45) is 0 Å². The van der Waals surface area contributed by atoms with Gasteiger partial charge in [0.2, 0.25) is 0 Å². The maximum atomic E-state index is 13.5. The molecule has 0 bridgehead atoms. The van der Waals surface area contributed by atoms with Crippen molar-refractivity contribution in [2.45, 2.75) is 13.3 Å². The van der Waals surface area contributed by atoms with Gasteiger partial charge in [-0.3, -0.25) is 9.69 Å². The number of rotatable bonds is 8. The van der Waals surface area contributed by atoms with Gasteiger partial charge in [-0.1, -0.05) is 29.5 Å². The molecule has 32 heavy (non-hydrogen) atoms. The molecule has 2 aromatic heterocycles. The van der Waals surface area contributed by atoms with Crippen molar-refractivity contribution in [2.75, 3.05) is 38.7 Å². The van der Waals surface area contributed by atoms with E-state index in [2.05, 4.69) is 9.88 Å². The molecule has 0 saturated carbocycles. The Bertz CT molecular complexity index is 1310. The second kappa shape index (κ2) is 9.50. The van der Waals surface area contributed by atoms with Crippen molar-refractivity contribution < 1.29 is 13.9 Å². The third-order valence-electron chi connectivity index (χ3n) is 4.99. The largest absolute Gasteiger partial charge is 0.494 e. The molecule has 0 N–H and O–H groups in total. The van der Waals surface area contributed by atoms with Gasteiger partial charge in [0.05, 0.1) is 16.8 Å². The smallest absolute Gasteiger partial charge is 0.349 e. The number of para-hydroxylation sites is 1. The van der Waals surface area contributed by atoms with Crippen LogP contribution in [0.25, 0.3) is 21.2 Å². The van der Waals surface area contributed by atoms with Crippen molar-refractivity contribution in [1.29, 1.82) is 0 Å². The Morgan fingerprint density at radius 2 is 1.94 bits per heavy atom. The number of carbonyl (C=O) groups excluding carboxylic acids is 1. The third-order valence-corrected chi connectivity index (χ3v) is 6.04. The van der Waals surface area contributed by atoms with Crippen molar-refractivity contribution in [3.63, 3.8) is 0 Å². The highest BCUT2D eigenvalue weighted by molar-refractivity contribution is 7.22. The van der Waals surface area contributed by atoms with Gasteiger partial charge >= 0.3 is 5.63 Å². The number of aromatic nitrogens is 1. The van der Waals surface area contributed by atoms with Gasteiger partial charge in [0.15, 0.2) is 5.13 Å². The zero-order valence-electron chi connectivity index (χ0n) is 18.3. The Balaban J connectivity index is 1.73. The Hall–Kier alpha value is -3.23. The van der Waals surface area contributed by atoms with Crippen LogP contribution < -0.4 is 15.3 Å². The molecule has 2 aromatic carbocycles. The lowest BCUT2D eigenvalue weighted by molar-refractivity contribution is 0.0982. The van der Waals surface area contributed by atoms with Crippen LogP contribution >= 0.6 is 11.3 Å². The van der Waals surface area contributed by atoms with Crippen molar-refractivity contribution in [3.05, 3.63) is 64.5 Å². The third kappa shape index (κ3) is 4.66. The van der Waals surface area contributed by atoms with Crippen molar-refractivity contribution in [3.8, 4) is 5.75 Å². The first-order valence-corrected chi connectivity index (χ1v) is 11.3. The summed E-state index contributed by atoms with van der Waals surface area (Å²) in [7, 11) is 3.97. The fourth-order valence-electron chi connectivity index (χ4n) is 3.45. The van der Waals surface area contributed by atoms with Crippen LogP contribution in [0.1, 0.15) is 23.7 Å². The van der Waals surface area contributed by atoms with Crippen LogP contribution in [0, 0.1) is 0 Å². The summed E-state index contributed by atoms with van der Waals surface area (Å²) in [5, 5.41) is 1.25. The monoisotopic (exact) mass is 451 g/mol. The van der Waals surface area contributed by atoms with Crippen molar-refractivity contribution >= 4 is 43.6 Å². The van der Waals surface area contributed by atoms with Crippen molar-refractivity contribution in [1.82, 2.24) is 9.88 Å². The summed E-state index contributed by atoms with van der Waals surface area (Å²) < 4.78 is 11.9. The van der Waals surface area contributed by atoms with E-state index >= 15 is 0 Å². The normalized spacial score (nSPS) is 11.4. The lowest BCUT2D eigenvalue weighted by Gasteiger charge is -2.20. The summed E-state index contributed by atoms with van der Waals surface area (Å²) in [6, 6.07) is 14.4. The minimum atomic E-state index is -0.647. The average Bonchev–Trinajstić information content (AvgIpc) is 3.19. The fourth-order valence-corrected chi connectivity index (χ4v) is 4.47. The average molecular weight is 452 g/mol. The van der Waals surface area contributed by atoms with Gasteiger partial charge in [0.1, 0.15) is 16.9 Å². The molecule has 0 atom stereocenters. The lowest BCUT2D eigenvalue weighted by atomic mass is 10.1. The fraction of sp³-hybridized carbons (Fsp3) is 0.292. The molecule has 0 unspecified atom stereocenters. The summed E-state index contributed by atoms with van der Waals surface area (Å²) in [4.78, 5) is 34.5. The molecule has 0 aliphatic carbocycles. The first-order chi connectivity index (χ1) is 15.5. The molecule has 2 heterocycles. The molecular weight excluding hydrogens is 426 g/mol. The second-order valence-electron chi connectivity index (χ2n) is 7.66. The summed E-state index contributed by atoms with van der Waals surface area (Å²) in [6.07, 6.45) is 0.734. The minimum Gasteiger partial charge on any atom is -0.494 e. The second-order valence-corrected chi connectivity index (χ2v) is 8.67. The van der Waals surface area contributed by atoms with E-state index in [9.17, 15) is 9.59 Å². The number of benzene rings is 2. The van der Waals surface area contributed by atoms with Crippen LogP contribution in [0.2, 0.25) is 0 Å². The van der Waals surface area contributed by atoms with E-state index in [-0.39, 0.29) is 5.56 Å². The van der Waals surface area contributed by atoms with Crippen LogP contribution in [-0.2, 0) is 0 Å². The van der Waals surface area contributed by atoms with Crippen LogP contribution in [0.15, 0.2) is 57.7 Å². The van der Waals surface area contributed by atoms with E-state index in [1.54, 1.807) is 23.1 Å². The number of thiazole rings is 1. The molecule has 4 rings (SSSR count). The maximum absolute atomic E-state index is 13.5. The molecule has 0 aliphatic rings. The molecule has 166 valence electrons. The van der Waals surface area contributed by atoms with Crippen LogP contribution in [0.4, 0.5) is 5.13 Å². The summed E-state index contributed by atoms with van der Waals surface area (Å²) in [6.45, 7) is 3.74. The molecule has 7 nitrogen and oxygen atoms in total. The number of anilines is 1. The topological polar surface area (TPSA) is 75.9 Å². The molecule has 0 fully saturated rings. The molecule has 4 aromatic rings. The lowest BCUT2D eigenvalue weighted by Crippen LogP contribution is -2.36. The zero-order chi connectivity index (χ0) is 22.7. The number of hydrogen-bond acceptors (Lipinski definition) is 7. The van der Waals surface area contributed by atoms with Gasteiger partial charge < -0.3 is 14.1 Å². The number of nitrogens with zero attached hydrogens (tertiary/aromatic N) is 3. The predicted octanol–water partition coefficient (Wildman–Crippen LogP) is 4.40. The Morgan fingerprint density at radius 3 is 2.72 bits per heavy atom. The molecule has 0 aliphatic heterocycles. The number of ether oxygens (including phenoxy) is 1. The quantitative estimate of drug-likeness (QED) is 0.370.